The number of ether oxygens (including phenoxy) is 3. The number of carbonyl (C=O) groups is 1. The van der Waals surface area contributed by atoms with Crippen LogP contribution < -0.4 is 20.2 Å². The lowest BCUT2D eigenvalue weighted by atomic mass is 9.91. The van der Waals surface area contributed by atoms with E-state index in [0.29, 0.717) is 54.0 Å². The Bertz CT molecular complexity index is 1120. The molecule has 182 valence electrons. The van der Waals surface area contributed by atoms with Crippen LogP contribution in [0.4, 0.5) is 0 Å². The van der Waals surface area contributed by atoms with Crippen molar-refractivity contribution in [1.29, 1.82) is 0 Å². The molecule has 9 heteroatoms. The first-order valence-corrected chi connectivity index (χ1v) is 11.7. The molecule has 3 rings (SSSR count). The number of halogens is 2. The van der Waals surface area contributed by atoms with Crippen LogP contribution in [0.5, 0.6) is 11.5 Å². The molecule has 0 aromatic heterocycles. The van der Waals surface area contributed by atoms with Crippen molar-refractivity contribution in [3.63, 3.8) is 0 Å². The Morgan fingerprint density at radius 2 is 1.97 bits per heavy atom. The van der Waals surface area contributed by atoms with Crippen molar-refractivity contribution in [3.05, 3.63) is 68.8 Å². The topological polar surface area (TPSA) is 88.0 Å². The SMILES string of the molecule is C[NH+]=C(C1=C(N)[C@@H](C)N(C(=O)c2cccc(OC)c2Cl)CC1)c1cc(Cl)cc(OCCOC)c1. The Hall–Kier alpha value is -2.74. The minimum atomic E-state index is -0.335. The molecule has 2 aromatic carbocycles. The molecule has 7 nitrogen and oxygen atoms in total. The predicted molar refractivity (Wildman–Crippen MR) is 134 cm³/mol. The van der Waals surface area contributed by atoms with Gasteiger partial charge in [-0.15, -0.1) is 0 Å². The van der Waals surface area contributed by atoms with E-state index < -0.39 is 0 Å². The summed E-state index contributed by atoms with van der Waals surface area (Å²) < 4.78 is 16.1. The van der Waals surface area contributed by atoms with Crippen molar-refractivity contribution < 1.29 is 24.0 Å². The van der Waals surface area contributed by atoms with E-state index in [1.165, 1.54) is 7.11 Å². The van der Waals surface area contributed by atoms with Crippen LogP contribution in [0.25, 0.3) is 0 Å². The van der Waals surface area contributed by atoms with Crippen molar-refractivity contribution in [2.45, 2.75) is 19.4 Å². The molecule has 0 bridgehead atoms. The summed E-state index contributed by atoms with van der Waals surface area (Å²) in [4.78, 5) is 18.3. The molecule has 0 aliphatic carbocycles. The number of methoxy groups -OCH3 is 2. The smallest absolute Gasteiger partial charge is 0.256 e. The third-order valence-electron chi connectivity index (χ3n) is 5.81. The molecule has 34 heavy (non-hydrogen) atoms. The Labute approximate surface area is 210 Å². The molecule has 0 radical (unpaired) electrons. The standard InChI is InChI=1S/C25H29Cl2N3O4/c1-15-23(28)20(8-9-30(15)25(31)19-6-5-7-21(33-4)22(19)27)24(29-2)16-12-17(26)14-18(13-16)34-11-10-32-3/h5-7,12-15H,8-11,28H2,1-4H3/p+1/t15-/m1/s1. The minimum absolute atomic E-state index is 0.194. The minimum Gasteiger partial charge on any atom is -0.495 e. The van der Waals surface area contributed by atoms with Crippen LogP contribution in [-0.2, 0) is 4.74 Å². The van der Waals surface area contributed by atoms with Crippen molar-refractivity contribution in [3.8, 4) is 11.5 Å². The van der Waals surface area contributed by atoms with E-state index in [1.54, 1.807) is 36.3 Å². The predicted octanol–water partition coefficient (Wildman–Crippen LogP) is 2.67. The summed E-state index contributed by atoms with van der Waals surface area (Å²) in [7, 11) is 4.97. The van der Waals surface area contributed by atoms with Crippen molar-refractivity contribution in [1.82, 2.24) is 4.90 Å². The van der Waals surface area contributed by atoms with Gasteiger partial charge in [0.15, 0.2) is 0 Å². The highest BCUT2D eigenvalue weighted by Gasteiger charge is 2.33. The Morgan fingerprint density at radius 3 is 2.65 bits per heavy atom. The summed E-state index contributed by atoms with van der Waals surface area (Å²) in [6, 6.07) is 10.3. The summed E-state index contributed by atoms with van der Waals surface area (Å²) in [6.07, 6.45) is 0.562. The molecule has 0 unspecified atom stereocenters. The van der Waals surface area contributed by atoms with Gasteiger partial charge in [-0.3, -0.25) is 4.79 Å². The molecule has 0 fully saturated rings. The molecule has 1 atom stereocenters. The molecule has 0 saturated heterocycles. The van der Waals surface area contributed by atoms with Gasteiger partial charge in [-0.25, -0.2) is 4.99 Å². The summed E-state index contributed by atoms with van der Waals surface area (Å²) in [5.74, 6) is 0.900. The molecular weight excluding hydrogens is 477 g/mol. The van der Waals surface area contributed by atoms with E-state index in [-0.39, 0.29) is 17.0 Å². The summed E-state index contributed by atoms with van der Waals surface area (Å²) in [6.45, 7) is 3.27. The maximum absolute atomic E-state index is 13.3. The molecule has 1 heterocycles. The zero-order valence-corrected chi connectivity index (χ0v) is 21.3. The van der Waals surface area contributed by atoms with Gasteiger partial charge in [0.25, 0.3) is 5.91 Å². The summed E-state index contributed by atoms with van der Waals surface area (Å²) in [5, 5.41) is 0.836. The summed E-state index contributed by atoms with van der Waals surface area (Å²) >= 11 is 12.8. The number of benzene rings is 2. The number of rotatable bonds is 8. The fourth-order valence-electron chi connectivity index (χ4n) is 4.03. The summed E-state index contributed by atoms with van der Waals surface area (Å²) in [5.41, 5.74) is 10.2. The van der Waals surface area contributed by atoms with Crippen LogP contribution in [-0.4, -0.2) is 63.6 Å². The van der Waals surface area contributed by atoms with E-state index in [1.807, 2.05) is 26.1 Å². The number of nitrogens with two attached hydrogens (primary N) is 1. The van der Waals surface area contributed by atoms with Gasteiger partial charge >= 0.3 is 0 Å². The second kappa shape index (κ2) is 11.6. The first kappa shape index (κ1) is 25.9. The monoisotopic (exact) mass is 506 g/mol. The first-order chi connectivity index (χ1) is 16.3. The largest absolute Gasteiger partial charge is 0.495 e. The highest BCUT2D eigenvalue weighted by Crippen LogP contribution is 2.32. The number of hydrogen-bond acceptors (Lipinski definition) is 5. The van der Waals surface area contributed by atoms with Gasteiger partial charge in [-0.2, -0.15) is 0 Å². The first-order valence-electron chi connectivity index (χ1n) is 10.9. The van der Waals surface area contributed by atoms with Crippen LogP contribution in [0.1, 0.15) is 29.3 Å². The van der Waals surface area contributed by atoms with Crippen molar-refractivity contribution >= 4 is 34.8 Å². The molecular formula is C25H30Cl2N3O4+. The van der Waals surface area contributed by atoms with Gasteiger partial charge < -0.3 is 24.8 Å². The molecule has 1 aliphatic rings. The number of nitrogens with zero attached hydrogens (tertiary/aromatic N) is 1. The van der Waals surface area contributed by atoms with Gasteiger partial charge in [0, 0.05) is 29.9 Å². The normalized spacial score (nSPS) is 16.6. The van der Waals surface area contributed by atoms with Crippen LogP contribution in [0, 0.1) is 0 Å². The number of hydrogen-bond donors (Lipinski definition) is 2. The number of nitrogens with one attached hydrogen (secondary N) is 1. The van der Waals surface area contributed by atoms with Gasteiger partial charge in [0.1, 0.15) is 25.2 Å². The van der Waals surface area contributed by atoms with E-state index in [4.69, 9.17) is 43.1 Å². The van der Waals surface area contributed by atoms with E-state index in [2.05, 4.69) is 4.99 Å². The van der Waals surface area contributed by atoms with Crippen LogP contribution in [0.3, 0.4) is 0 Å². The van der Waals surface area contributed by atoms with Crippen molar-refractivity contribution in [2.24, 2.45) is 5.73 Å². The van der Waals surface area contributed by atoms with E-state index in [9.17, 15) is 4.79 Å². The average molecular weight is 507 g/mol. The molecule has 1 amide bonds. The molecule has 0 spiro atoms. The highest BCUT2D eigenvalue weighted by molar-refractivity contribution is 6.35. The Morgan fingerprint density at radius 1 is 1.21 bits per heavy atom. The van der Waals surface area contributed by atoms with E-state index in [0.717, 1.165) is 16.8 Å². The molecule has 1 aliphatic heterocycles. The highest BCUT2D eigenvalue weighted by atomic mass is 35.5. The quantitative estimate of drug-likeness (QED) is 0.424. The number of amides is 1. The Balaban J connectivity index is 1.90. The molecule has 0 saturated carbocycles. The maximum Gasteiger partial charge on any atom is 0.256 e. The van der Waals surface area contributed by atoms with Crippen LogP contribution >= 0.6 is 23.2 Å². The van der Waals surface area contributed by atoms with Crippen LogP contribution in [0.2, 0.25) is 10.0 Å². The second-order valence-electron chi connectivity index (χ2n) is 7.82. The second-order valence-corrected chi connectivity index (χ2v) is 8.64. The fourth-order valence-corrected chi connectivity index (χ4v) is 4.54. The zero-order chi connectivity index (χ0) is 24.8. The third kappa shape index (κ3) is 5.49. The third-order valence-corrected chi connectivity index (χ3v) is 6.42. The molecule has 3 N–H and O–H groups in total. The van der Waals surface area contributed by atoms with Crippen molar-refractivity contribution in [2.75, 3.05) is 41.0 Å². The molecule has 2 aromatic rings. The zero-order valence-electron chi connectivity index (χ0n) is 19.8. The van der Waals surface area contributed by atoms with Gasteiger partial charge in [0.05, 0.1) is 35.9 Å². The van der Waals surface area contributed by atoms with Gasteiger partial charge in [0.2, 0.25) is 5.71 Å². The lowest BCUT2D eigenvalue weighted by molar-refractivity contribution is -0.418. The van der Waals surface area contributed by atoms with Gasteiger partial charge in [-0.1, -0.05) is 29.3 Å². The lowest BCUT2D eigenvalue weighted by Gasteiger charge is -2.35. The average Bonchev–Trinajstić information content (AvgIpc) is 2.82. The fraction of sp³-hybridized carbons (Fsp3) is 0.360. The lowest BCUT2D eigenvalue weighted by Crippen LogP contribution is -2.69. The van der Waals surface area contributed by atoms with E-state index >= 15 is 0 Å². The van der Waals surface area contributed by atoms with Gasteiger partial charge in [-0.05, 0) is 43.7 Å². The number of carbonyl (C=O) groups excluding carboxylic acids is 1. The Kier molecular flexibility index (Phi) is 8.83. The van der Waals surface area contributed by atoms with Crippen LogP contribution in [0.15, 0.2) is 47.7 Å². The maximum atomic E-state index is 13.3.